The van der Waals surface area contributed by atoms with Crippen molar-refractivity contribution in [1.82, 2.24) is 4.90 Å². The molecule has 6 nitrogen and oxygen atoms in total. The molecule has 1 saturated heterocycles. The summed E-state index contributed by atoms with van der Waals surface area (Å²) in [7, 11) is 0. The summed E-state index contributed by atoms with van der Waals surface area (Å²) in [6.45, 7) is 3.95. The Hall–Kier alpha value is -2.26. The topological polar surface area (TPSA) is 98.1 Å². The van der Waals surface area contributed by atoms with Gasteiger partial charge in [-0.1, -0.05) is 52.6 Å². The molecule has 198 valence electrons. The summed E-state index contributed by atoms with van der Waals surface area (Å²) in [4.78, 5) is 28.9. The second-order valence-corrected chi connectivity index (χ2v) is 12.0. The Morgan fingerprint density at radius 3 is 2.70 bits per heavy atom. The van der Waals surface area contributed by atoms with Gasteiger partial charge in [0.15, 0.2) is 0 Å². The number of benzene rings is 1. The highest BCUT2D eigenvalue weighted by Gasteiger charge is 2.54. The van der Waals surface area contributed by atoms with Gasteiger partial charge in [0, 0.05) is 20.8 Å². The number of thiophene rings is 1. The van der Waals surface area contributed by atoms with Crippen molar-refractivity contribution >= 4 is 45.2 Å². The predicted molar refractivity (Wildman–Crippen MR) is 149 cm³/mol. The van der Waals surface area contributed by atoms with Gasteiger partial charge < -0.3 is 15.3 Å². The molecule has 1 fully saturated rings. The first kappa shape index (κ1) is 27.8. The normalized spacial score (nSPS) is 23.1. The van der Waals surface area contributed by atoms with Crippen molar-refractivity contribution in [1.29, 1.82) is 0 Å². The van der Waals surface area contributed by atoms with E-state index in [4.69, 9.17) is 0 Å². The second kappa shape index (κ2) is 12.1. The molecule has 0 saturated carbocycles. The molecular formula is C29H34BrNO5S. The summed E-state index contributed by atoms with van der Waals surface area (Å²) in [5.74, 6) is -1.95. The Labute approximate surface area is 230 Å². The van der Waals surface area contributed by atoms with E-state index in [9.17, 15) is 24.9 Å². The van der Waals surface area contributed by atoms with Crippen LogP contribution in [0.25, 0.3) is 6.08 Å². The molecule has 2 aromatic rings. The Balaban J connectivity index is 1.52. The summed E-state index contributed by atoms with van der Waals surface area (Å²) in [6, 6.07) is 9.10. The van der Waals surface area contributed by atoms with Crippen molar-refractivity contribution in [2.45, 2.75) is 58.6 Å². The van der Waals surface area contributed by atoms with E-state index in [0.717, 1.165) is 38.9 Å². The lowest BCUT2D eigenvalue weighted by molar-refractivity contribution is -0.140. The fourth-order valence-electron chi connectivity index (χ4n) is 5.83. The third-order valence-corrected chi connectivity index (χ3v) is 8.88. The number of nitrogens with zero attached hydrogens (tertiary/aromatic N) is 1. The SMILES string of the molecule is CCC/C(=C\c1cc(Br)ccc1O)CC[C@@H](O)C1=C(C)C[C@H]2C(=O)N(Cc3cccs3)C(=O)[C@H]2[C@H]1CO. The van der Waals surface area contributed by atoms with E-state index >= 15 is 0 Å². The molecule has 37 heavy (non-hydrogen) atoms. The van der Waals surface area contributed by atoms with Gasteiger partial charge in [0.1, 0.15) is 5.75 Å². The third-order valence-electron chi connectivity index (χ3n) is 7.53. The van der Waals surface area contributed by atoms with Crippen LogP contribution in [-0.4, -0.2) is 44.7 Å². The molecule has 1 aliphatic carbocycles. The van der Waals surface area contributed by atoms with Crippen molar-refractivity contribution in [2.24, 2.45) is 17.8 Å². The predicted octanol–water partition coefficient (Wildman–Crippen LogP) is 5.67. The van der Waals surface area contributed by atoms with Gasteiger partial charge >= 0.3 is 0 Å². The molecule has 3 N–H and O–H groups in total. The van der Waals surface area contributed by atoms with Crippen LogP contribution < -0.4 is 0 Å². The van der Waals surface area contributed by atoms with Crippen LogP contribution in [0, 0.1) is 17.8 Å². The van der Waals surface area contributed by atoms with Gasteiger partial charge in [-0.15, -0.1) is 11.3 Å². The van der Waals surface area contributed by atoms with E-state index in [1.807, 2.05) is 36.6 Å². The molecule has 4 atom stereocenters. The summed E-state index contributed by atoms with van der Waals surface area (Å²) in [5.41, 5.74) is 3.41. The summed E-state index contributed by atoms with van der Waals surface area (Å²) < 4.78 is 0.875. The zero-order valence-electron chi connectivity index (χ0n) is 21.2. The van der Waals surface area contributed by atoms with Crippen LogP contribution in [0.4, 0.5) is 0 Å². The smallest absolute Gasteiger partial charge is 0.234 e. The monoisotopic (exact) mass is 587 g/mol. The Morgan fingerprint density at radius 1 is 1.24 bits per heavy atom. The number of allylic oxidation sites excluding steroid dienone is 2. The molecule has 0 bridgehead atoms. The number of amides is 2. The first-order valence-corrected chi connectivity index (χ1v) is 14.5. The standard InChI is InChI=1S/C29H34BrNO5S/c1-3-5-18(13-19-14-20(30)8-10-24(19)33)7-9-25(34)26-17(2)12-22-27(23(26)16-32)29(36)31(28(22)35)15-21-6-4-11-37-21/h4,6,8,10-11,13-14,22-23,25,27,32-34H,3,5,7,9,12,15-16H2,1-2H3/b18-13+/t22-,23+,25-,27-/m1/s1. The molecular weight excluding hydrogens is 554 g/mol. The molecule has 0 spiro atoms. The van der Waals surface area contributed by atoms with Crippen LogP contribution in [0.5, 0.6) is 5.75 Å². The summed E-state index contributed by atoms with van der Waals surface area (Å²) >= 11 is 4.95. The number of phenols is 1. The fraction of sp³-hybridized carbons (Fsp3) is 0.448. The minimum absolute atomic E-state index is 0.184. The number of likely N-dealkylation sites (tertiary alicyclic amines) is 1. The van der Waals surface area contributed by atoms with Gasteiger partial charge in [0.05, 0.1) is 31.1 Å². The Kier molecular flexibility index (Phi) is 9.06. The number of aliphatic hydroxyl groups is 2. The van der Waals surface area contributed by atoms with E-state index in [1.165, 1.54) is 16.2 Å². The number of phenolic OH excluding ortho intramolecular Hbond substituents is 1. The zero-order chi connectivity index (χ0) is 26.7. The number of carbonyl (C=O) groups is 2. The highest BCUT2D eigenvalue weighted by atomic mass is 79.9. The zero-order valence-corrected chi connectivity index (χ0v) is 23.6. The quantitative estimate of drug-likeness (QED) is 0.246. The van der Waals surface area contributed by atoms with E-state index in [-0.39, 0.29) is 30.7 Å². The lowest BCUT2D eigenvalue weighted by Crippen LogP contribution is -2.38. The maximum Gasteiger partial charge on any atom is 0.234 e. The van der Waals surface area contributed by atoms with Crippen molar-refractivity contribution in [3.05, 3.63) is 67.3 Å². The van der Waals surface area contributed by atoms with Crippen LogP contribution in [0.2, 0.25) is 0 Å². The lowest BCUT2D eigenvalue weighted by Gasteiger charge is -2.35. The number of hydrogen-bond donors (Lipinski definition) is 3. The first-order valence-electron chi connectivity index (χ1n) is 12.8. The van der Waals surface area contributed by atoms with Crippen LogP contribution in [0.1, 0.15) is 56.4 Å². The van der Waals surface area contributed by atoms with Crippen LogP contribution in [0.3, 0.4) is 0 Å². The molecule has 1 aromatic carbocycles. The molecule has 0 unspecified atom stereocenters. The van der Waals surface area contributed by atoms with Crippen molar-refractivity contribution in [3.8, 4) is 5.75 Å². The fourth-order valence-corrected chi connectivity index (χ4v) is 6.90. The average Bonchev–Trinajstić information content (AvgIpc) is 3.47. The second-order valence-electron chi connectivity index (χ2n) is 10.0. The highest BCUT2D eigenvalue weighted by Crippen LogP contribution is 2.46. The summed E-state index contributed by atoms with van der Waals surface area (Å²) in [6.07, 6.45) is 4.36. The van der Waals surface area contributed by atoms with Crippen LogP contribution in [0.15, 0.2) is 56.9 Å². The minimum Gasteiger partial charge on any atom is -0.507 e. The van der Waals surface area contributed by atoms with E-state index in [0.29, 0.717) is 24.8 Å². The molecule has 1 aliphatic heterocycles. The van der Waals surface area contributed by atoms with Crippen molar-refractivity contribution in [2.75, 3.05) is 6.61 Å². The number of hydrogen-bond acceptors (Lipinski definition) is 6. The van der Waals surface area contributed by atoms with Crippen molar-refractivity contribution in [3.63, 3.8) is 0 Å². The van der Waals surface area contributed by atoms with Gasteiger partial charge in [-0.05, 0) is 67.8 Å². The molecule has 2 aliphatic rings. The molecule has 4 rings (SSSR count). The van der Waals surface area contributed by atoms with E-state index in [2.05, 4.69) is 22.9 Å². The molecule has 2 amide bonds. The largest absolute Gasteiger partial charge is 0.507 e. The van der Waals surface area contributed by atoms with Crippen LogP contribution >= 0.6 is 27.3 Å². The summed E-state index contributed by atoms with van der Waals surface area (Å²) in [5, 5.41) is 33.9. The number of aliphatic hydroxyl groups excluding tert-OH is 2. The maximum atomic E-state index is 13.4. The molecule has 1 aromatic heterocycles. The molecule has 0 radical (unpaired) electrons. The lowest BCUT2D eigenvalue weighted by atomic mass is 9.68. The van der Waals surface area contributed by atoms with E-state index in [1.54, 1.807) is 12.1 Å². The average molecular weight is 589 g/mol. The number of halogens is 1. The number of aromatic hydroxyl groups is 1. The van der Waals surface area contributed by atoms with Gasteiger partial charge in [-0.3, -0.25) is 14.5 Å². The first-order chi connectivity index (χ1) is 17.7. The highest BCUT2D eigenvalue weighted by molar-refractivity contribution is 9.10. The van der Waals surface area contributed by atoms with Crippen molar-refractivity contribution < 1.29 is 24.9 Å². The minimum atomic E-state index is -0.830. The number of imide groups is 1. The molecule has 2 heterocycles. The number of carbonyl (C=O) groups excluding carboxylic acids is 2. The van der Waals surface area contributed by atoms with Gasteiger partial charge in [0.2, 0.25) is 11.8 Å². The number of rotatable bonds is 10. The van der Waals surface area contributed by atoms with Gasteiger partial charge in [-0.2, -0.15) is 0 Å². The third kappa shape index (κ3) is 5.93. The van der Waals surface area contributed by atoms with Gasteiger partial charge in [-0.25, -0.2) is 0 Å². The number of fused-ring (bicyclic) bond motifs is 1. The maximum absolute atomic E-state index is 13.4. The Bertz CT molecular complexity index is 1200. The Morgan fingerprint density at radius 2 is 2.03 bits per heavy atom. The van der Waals surface area contributed by atoms with Gasteiger partial charge in [0.25, 0.3) is 0 Å². The van der Waals surface area contributed by atoms with E-state index < -0.39 is 23.9 Å². The molecule has 8 heteroatoms. The van der Waals surface area contributed by atoms with Crippen LogP contribution in [-0.2, 0) is 16.1 Å².